The molecule has 1 aromatic carbocycles. The molecule has 2 nitrogen and oxygen atoms in total. The Balaban J connectivity index is 1.88. The second-order valence-electron chi connectivity index (χ2n) is 5.18. The van der Waals surface area contributed by atoms with Crippen LogP contribution >= 0.6 is 0 Å². The summed E-state index contributed by atoms with van der Waals surface area (Å²) in [5.74, 6) is 1.26. The van der Waals surface area contributed by atoms with E-state index in [0.717, 1.165) is 11.8 Å². The van der Waals surface area contributed by atoms with Crippen LogP contribution < -0.4 is 0 Å². The molecule has 1 aliphatic rings. The highest BCUT2D eigenvalue weighted by atomic mass is 16.1. The number of hydrogen-bond donors (Lipinski definition) is 0. The van der Waals surface area contributed by atoms with Crippen LogP contribution in [0, 0.1) is 17.2 Å². The summed E-state index contributed by atoms with van der Waals surface area (Å²) in [6.07, 6.45) is 10.4. The lowest BCUT2D eigenvalue weighted by Gasteiger charge is -2.27. The van der Waals surface area contributed by atoms with E-state index in [0.29, 0.717) is 18.3 Å². The van der Waals surface area contributed by atoms with Crippen LogP contribution in [0.1, 0.15) is 49.1 Å². The molecule has 0 saturated heterocycles. The van der Waals surface area contributed by atoms with Gasteiger partial charge >= 0.3 is 0 Å². The zero-order valence-corrected chi connectivity index (χ0v) is 11.1. The van der Waals surface area contributed by atoms with Crippen LogP contribution in [-0.4, -0.2) is 6.29 Å². The minimum Gasteiger partial charge on any atom is -0.303 e. The molecule has 0 heterocycles. The quantitative estimate of drug-likeness (QED) is 0.601. The van der Waals surface area contributed by atoms with Gasteiger partial charge < -0.3 is 4.79 Å². The second kappa shape index (κ2) is 6.89. The summed E-state index contributed by atoms with van der Waals surface area (Å²) >= 11 is 0. The summed E-state index contributed by atoms with van der Waals surface area (Å²) in [7, 11) is 0. The van der Waals surface area contributed by atoms with Crippen LogP contribution in [0.15, 0.2) is 36.4 Å². The van der Waals surface area contributed by atoms with E-state index in [9.17, 15) is 4.79 Å². The number of carbonyl (C=O) groups excluding carboxylic acids is 1. The summed E-state index contributed by atoms with van der Waals surface area (Å²) in [6, 6.07) is 10.1. The molecule has 0 radical (unpaired) electrons. The highest BCUT2D eigenvalue weighted by Gasteiger charge is 2.20. The molecule has 0 amide bonds. The van der Waals surface area contributed by atoms with Crippen molar-refractivity contribution in [2.24, 2.45) is 5.92 Å². The Kier molecular flexibility index (Phi) is 4.92. The van der Waals surface area contributed by atoms with Crippen LogP contribution in [0.2, 0.25) is 0 Å². The zero-order chi connectivity index (χ0) is 13.5. The molecule has 0 bridgehead atoms. The van der Waals surface area contributed by atoms with Gasteiger partial charge in [0.1, 0.15) is 6.29 Å². The van der Waals surface area contributed by atoms with E-state index in [1.165, 1.54) is 31.2 Å². The molecule has 0 atom stereocenters. The number of rotatable bonds is 4. The van der Waals surface area contributed by atoms with Gasteiger partial charge in [-0.3, -0.25) is 0 Å². The van der Waals surface area contributed by atoms with E-state index in [2.05, 4.69) is 24.3 Å². The maximum atomic E-state index is 10.3. The Morgan fingerprint density at radius 2 is 1.84 bits per heavy atom. The first kappa shape index (κ1) is 13.5. The fraction of sp³-hybridized carbons (Fsp3) is 0.412. The number of hydrogen-bond acceptors (Lipinski definition) is 2. The SMILES string of the molecule is N#Cc1ccc([C@H]2CC[C@H](C=CCC=O)CC2)cc1. The van der Waals surface area contributed by atoms with Gasteiger partial charge in [-0.05, 0) is 55.2 Å². The minimum absolute atomic E-state index is 0.537. The lowest BCUT2D eigenvalue weighted by atomic mass is 9.78. The minimum atomic E-state index is 0.537. The van der Waals surface area contributed by atoms with Crippen molar-refractivity contribution in [2.75, 3.05) is 0 Å². The molecule has 0 aromatic heterocycles. The molecule has 0 unspecified atom stereocenters. The van der Waals surface area contributed by atoms with Gasteiger partial charge in [0.25, 0.3) is 0 Å². The van der Waals surface area contributed by atoms with Crippen LogP contribution in [0.3, 0.4) is 0 Å². The first-order chi connectivity index (χ1) is 9.33. The molecule has 2 heteroatoms. The number of allylic oxidation sites excluding steroid dienone is 2. The number of carbonyl (C=O) groups is 1. The number of nitriles is 1. The molecular formula is C17H19NO. The molecule has 0 spiro atoms. The van der Waals surface area contributed by atoms with E-state index < -0.39 is 0 Å². The maximum absolute atomic E-state index is 10.3. The molecule has 98 valence electrons. The smallest absolute Gasteiger partial charge is 0.123 e. The normalized spacial score (nSPS) is 23.1. The molecule has 1 saturated carbocycles. The van der Waals surface area contributed by atoms with Crippen LogP contribution in [0.25, 0.3) is 0 Å². The highest BCUT2D eigenvalue weighted by molar-refractivity contribution is 5.51. The Morgan fingerprint density at radius 3 is 2.42 bits per heavy atom. The maximum Gasteiger partial charge on any atom is 0.123 e. The fourth-order valence-corrected chi connectivity index (χ4v) is 2.80. The van der Waals surface area contributed by atoms with Crippen molar-refractivity contribution >= 4 is 6.29 Å². The first-order valence-corrected chi connectivity index (χ1v) is 6.94. The van der Waals surface area contributed by atoms with Crippen molar-refractivity contribution in [3.05, 3.63) is 47.5 Å². The Morgan fingerprint density at radius 1 is 1.16 bits per heavy atom. The lowest BCUT2D eigenvalue weighted by Crippen LogP contribution is -2.11. The Bertz CT molecular complexity index is 473. The molecule has 19 heavy (non-hydrogen) atoms. The third-order valence-electron chi connectivity index (χ3n) is 3.92. The van der Waals surface area contributed by atoms with Crippen molar-refractivity contribution in [3.63, 3.8) is 0 Å². The van der Waals surface area contributed by atoms with Gasteiger partial charge in [-0.2, -0.15) is 5.26 Å². The Hall–Kier alpha value is -1.88. The van der Waals surface area contributed by atoms with Crippen molar-refractivity contribution in [1.82, 2.24) is 0 Å². The summed E-state index contributed by atoms with van der Waals surface area (Å²) in [6.45, 7) is 0. The van der Waals surface area contributed by atoms with Gasteiger partial charge in [-0.25, -0.2) is 0 Å². The van der Waals surface area contributed by atoms with Gasteiger partial charge in [0, 0.05) is 6.42 Å². The van der Waals surface area contributed by atoms with Gasteiger partial charge in [0.15, 0.2) is 0 Å². The third-order valence-corrected chi connectivity index (χ3v) is 3.92. The Labute approximate surface area is 114 Å². The standard InChI is InChI=1S/C17H19NO/c18-13-15-6-10-17(11-7-15)16-8-4-14(5-9-16)3-1-2-12-19/h1,3,6-7,10-12,14,16H,2,4-5,8-9H2/t14-,16-. The monoisotopic (exact) mass is 253 g/mol. The lowest BCUT2D eigenvalue weighted by molar-refractivity contribution is -0.107. The summed E-state index contributed by atoms with van der Waals surface area (Å²) in [4.78, 5) is 10.3. The largest absolute Gasteiger partial charge is 0.303 e. The number of aldehydes is 1. The van der Waals surface area contributed by atoms with E-state index in [4.69, 9.17) is 5.26 Å². The van der Waals surface area contributed by atoms with Crippen molar-refractivity contribution in [3.8, 4) is 6.07 Å². The first-order valence-electron chi connectivity index (χ1n) is 6.94. The van der Waals surface area contributed by atoms with Crippen molar-refractivity contribution < 1.29 is 4.79 Å². The average Bonchev–Trinajstić information content (AvgIpc) is 2.48. The molecule has 1 aromatic rings. The highest BCUT2D eigenvalue weighted by Crippen LogP contribution is 2.36. The van der Waals surface area contributed by atoms with Crippen molar-refractivity contribution in [1.29, 1.82) is 5.26 Å². The molecule has 0 N–H and O–H groups in total. The summed E-state index contributed by atoms with van der Waals surface area (Å²) in [5.41, 5.74) is 2.09. The van der Waals surface area contributed by atoms with Crippen LogP contribution in [0.5, 0.6) is 0 Å². The van der Waals surface area contributed by atoms with Crippen molar-refractivity contribution in [2.45, 2.75) is 38.0 Å². The third kappa shape index (κ3) is 3.79. The number of benzene rings is 1. The number of nitrogens with zero attached hydrogens (tertiary/aromatic N) is 1. The molecule has 1 aliphatic carbocycles. The second-order valence-corrected chi connectivity index (χ2v) is 5.18. The predicted molar refractivity (Wildman–Crippen MR) is 75.7 cm³/mol. The van der Waals surface area contributed by atoms with E-state index in [1.54, 1.807) is 0 Å². The topological polar surface area (TPSA) is 40.9 Å². The van der Waals surface area contributed by atoms with Gasteiger partial charge in [0.05, 0.1) is 11.6 Å². The van der Waals surface area contributed by atoms with Gasteiger partial charge in [-0.1, -0.05) is 24.3 Å². The van der Waals surface area contributed by atoms with E-state index in [-0.39, 0.29) is 0 Å². The predicted octanol–water partition coefficient (Wildman–Crippen LogP) is 3.98. The van der Waals surface area contributed by atoms with Crippen LogP contribution in [0.4, 0.5) is 0 Å². The fourth-order valence-electron chi connectivity index (χ4n) is 2.80. The molecular weight excluding hydrogens is 234 g/mol. The van der Waals surface area contributed by atoms with Gasteiger partial charge in [-0.15, -0.1) is 0 Å². The average molecular weight is 253 g/mol. The molecule has 0 aliphatic heterocycles. The van der Waals surface area contributed by atoms with Crippen LogP contribution in [-0.2, 0) is 4.79 Å². The summed E-state index contributed by atoms with van der Waals surface area (Å²) in [5, 5.41) is 8.79. The summed E-state index contributed by atoms with van der Waals surface area (Å²) < 4.78 is 0. The molecule has 2 rings (SSSR count). The van der Waals surface area contributed by atoms with Gasteiger partial charge in [0.2, 0.25) is 0 Å². The van der Waals surface area contributed by atoms with E-state index >= 15 is 0 Å². The zero-order valence-electron chi connectivity index (χ0n) is 11.1. The van der Waals surface area contributed by atoms with E-state index in [1.807, 2.05) is 18.2 Å². The molecule has 1 fully saturated rings.